The second kappa shape index (κ2) is 7.31. The maximum atomic E-state index is 6.29. The van der Waals surface area contributed by atoms with E-state index in [0.717, 1.165) is 43.8 Å². The standard InChI is InChI=1S/C22H25ClN2/c1-2-12-25-13-9-16(10-14-25)21-20-8-7-19(23)15-18(20)6-5-17-4-3-11-24-22(17)21/h3-4,7-8,11,15H,2,5-6,9-10,12-14H2,1H3. The molecule has 1 aromatic heterocycles. The zero-order chi connectivity index (χ0) is 17.2. The minimum atomic E-state index is 0.833. The van der Waals surface area contributed by atoms with Crippen molar-refractivity contribution < 1.29 is 0 Å². The molecule has 1 fully saturated rings. The van der Waals surface area contributed by atoms with Crippen molar-refractivity contribution in [3.05, 3.63) is 69.5 Å². The molecule has 0 spiro atoms. The van der Waals surface area contributed by atoms with Gasteiger partial charge in [-0.25, -0.2) is 0 Å². The minimum absolute atomic E-state index is 0.833. The van der Waals surface area contributed by atoms with E-state index in [1.165, 1.54) is 40.9 Å². The van der Waals surface area contributed by atoms with Crippen LogP contribution in [0, 0.1) is 0 Å². The summed E-state index contributed by atoms with van der Waals surface area (Å²) in [4.78, 5) is 7.39. The summed E-state index contributed by atoms with van der Waals surface area (Å²) in [7, 11) is 0. The molecule has 25 heavy (non-hydrogen) atoms. The largest absolute Gasteiger partial charge is 0.303 e. The van der Waals surface area contributed by atoms with Gasteiger partial charge in [0.05, 0.1) is 5.69 Å². The van der Waals surface area contributed by atoms with Crippen LogP contribution in [0.5, 0.6) is 0 Å². The van der Waals surface area contributed by atoms with Gasteiger partial charge in [-0.15, -0.1) is 0 Å². The number of benzene rings is 1. The Morgan fingerprint density at radius 3 is 2.64 bits per heavy atom. The highest BCUT2D eigenvalue weighted by atomic mass is 35.5. The van der Waals surface area contributed by atoms with Gasteiger partial charge in [0.2, 0.25) is 0 Å². The number of fused-ring (bicyclic) bond motifs is 2. The average molecular weight is 353 g/mol. The Hall–Kier alpha value is -1.64. The van der Waals surface area contributed by atoms with E-state index in [9.17, 15) is 0 Å². The van der Waals surface area contributed by atoms with E-state index in [0.29, 0.717) is 0 Å². The van der Waals surface area contributed by atoms with Crippen LogP contribution in [-0.4, -0.2) is 29.5 Å². The molecule has 2 heterocycles. The summed E-state index contributed by atoms with van der Waals surface area (Å²) in [6, 6.07) is 10.7. The first-order valence-electron chi connectivity index (χ1n) is 9.43. The summed E-state index contributed by atoms with van der Waals surface area (Å²) in [5, 5.41) is 0.833. The van der Waals surface area contributed by atoms with Gasteiger partial charge in [-0.3, -0.25) is 4.98 Å². The van der Waals surface area contributed by atoms with Crippen molar-refractivity contribution in [1.82, 2.24) is 9.88 Å². The van der Waals surface area contributed by atoms with Crippen molar-refractivity contribution in [1.29, 1.82) is 0 Å². The van der Waals surface area contributed by atoms with E-state index in [4.69, 9.17) is 16.6 Å². The van der Waals surface area contributed by atoms with E-state index in [-0.39, 0.29) is 0 Å². The van der Waals surface area contributed by atoms with Crippen LogP contribution in [0.25, 0.3) is 5.57 Å². The zero-order valence-corrected chi connectivity index (χ0v) is 15.6. The number of piperidine rings is 1. The lowest BCUT2D eigenvalue weighted by Crippen LogP contribution is -2.31. The third-order valence-corrected chi connectivity index (χ3v) is 5.72. The first-order valence-corrected chi connectivity index (χ1v) is 9.81. The van der Waals surface area contributed by atoms with E-state index in [1.807, 2.05) is 12.3 Å². The predicted octanol–water partition coefficient (Wildman–Crippen LogP) is 5.14. The molecule has 0 bridgehead atoms. The lowest BCUT2D eigenvalue weighted by atomic mass is 9.88. The quantitative estimate of drug-likeness (QED) is 0.743. The van der Waals surface area contributed by atoms with E-state index in [1.54, 1.807) is 5.57 Å². The molecule has 0 N–H and O–H groups in total. The zero-order valence-electron chi connectivity index (χ0n) is 14.9. The van der Waals surface area contributed by atoms with Gasteiger partial charge in [0.1, 0.15) is 0 Å². The van der Waals surface area contributed by atoms with E-state index >= 15 is 0 Å². The summed E-state index contributed by atoms with van der Waals surface area (Å²) in [6.07, 6.45) is 7.54. The molecule has 1 aliphatic carbocycles. The Morgan fingerprint density at radius 1 is 1.04 bits per heavy atom. The van der Waals surface area contributed by atoms with E-state index < -0.39 is 0 Å². The molecule has 2 aromatic rings. The van der Waals surface area contributed by atoms with Crippen LogP contribution in [0.1, 0.15) is 48.6 Å². The first-order chi connectivity index (χ1) is 12.3. The van der Waals surface area contributed by atoms with Gasteiger partial charge in [0, 0.05) is 29.9 Å². The Kier molecular flexibility index (Phi) is 4.91. The second-order valence-corrected chi connectivity index (χ2v) is 7.57. The number of rotatable bonds is 2. The van der Waals surface area contributed by atoms with Gasteiger partial charge in [-0.05, 0) is 73.5 Å². The number of halogens is 1. The second-order valence-electron chi connectivity index (χ2n) is 7.13. The molecule has 2 nitrogen and oxygen atoms in total. The highest BCUT2D eigenvalue weighted by molar-refractivity contribution is 6.30. The predicted molar refractivity (Wildman–Crippen MR) is 105 cm³/mol. The summed E-state index contributed by atoms with van der Waals surface area (Å²) in [5.74, 6) is 0. The molecule has 1 saturated heterocycles. The summed E-state index contributed by atoms with van der Waals surface area (Å²) in [5.41, 5.74) is 8.23. The molecule has 0 atom stereocenters. The normalized spacial score (nSPS) is 17.8. The monoisotopic (exact) mass is 352 g/mol. The fraction of sp³-hybridized carbons (Fsp3) is 0.409. The average Bonchev–Trinajstić information content (AvgIpc) is 2.79. The molecule has 0 radical (unpaired) electrons. The number of hydrogen-bond donors (Lipinski definition) is 0. The van der Waals surface area contributed by atoms with Crippen molar-refractivity contribution in [2.45, 2.75) is 39.0 Å². The maximum Gasteiger partial charge on any atom is 0.0739 e. The lowest BCUT2D eigenvalue weighted by molar-refractivity contribution is 0.257. The molecule has 0 saturated carbocycles. The number of aromatic nitrogens is 1. The Morgan fingerprint density at radius 2 is 1.84 bits per heavy atom. The third kappa shape index (κ3) is 3.38. The Balaban J connectivity index is 1.82. The fourth-order valence-electron chi connectivity index (χ4n) is 4.25. The van der Waals surface area contributed by atoms with Crippen LogP contribution < -0.4 is 0 Å². The molecule has 0 amide bonds. The number of nitrogens with zero attached hydrogens (tertiary/aromatic N) is 2. The Bertz CT molecular complexity index is 799. The number of pyridine rings is 1. The van der Waals surface area contributed by atoms with Gasteiger partial charge in [0.15, 0.2) is 0 Å². The summed E-state index contributed by atoms with van der Waals surface area (Å²) in [6.45, 7) is 5.80. The molecule has 1 aromatic carbocycles. The topological polar surface area (TPSA) is 16.1 Å². The highest BCUT2D eigenvalue weighted by Crippen LogP contribution is 2.38. The molecular weight excluding hydrogens is 328 g/mol. The first kappa shape index (κ1) is 16.8. The van der Waals surface area contributed by atoms with Crippen molar-refractivity contribution in [2.75, 3.05) is 19.6 Å². The van der Waals surface area contributed by atoms with Crippen LogP contribution >= 0.6 is 11.6 Å². The Labute approximate surface area is 155 Å². The van der Waals surface area contributed by atoms with Crippen LogP contribution in [-0.2, 0) is 12.8 Å². The van der Waals surface area contributed by atoms with Crippen molar-refractivity contribution in [3.8, 4) is 0 Å². The lowest BCUT2D eigenvalue weighted by Gasteiger charge is -2.30. The molecule has 0 unspecified atom stereocenters. The van der Waals surface area contributed by atoms with Crippen molar-refractivity contribution >= 4 is 17.2 Å². The van der Waals surface area contributed by atoms with Crippen LogP contribution in [0.3, 0.4) is 0 Å². The van der Waals surface area contributed by atoms with Crippen molar-refractivity contribution in [2.24, 2.45) is 0 Å². The number of hydrogen-bond acceptors (Lipinski definition) is 2. The number of aryl methyl sites for hydroxylation is 2. The van der Waals surface area contributed by atoms with E-state index in [2.05, 4.69) is 36.1 Å². The smallest absolute Gasteiger partial charge is 0.0739 e. The molecule has 3 heteroatoms. The van der Waals surface area contributed by atoms with Gasteiger partial charge < -0.3 is 4.90 Å². The van der Waals surface area contributed by atoms with Crippen LogP contribution in [0.4, 0.5) is 0 Å². The summed E-state index contributed by atoms with van der Waals surface area (Å²) < 4.78 is 0. The molecule has 4 rings (SSSR count). The van der Waals surface area contributed by atoms with Gasteiger partial charge in [-0.2, -0.15) is 0 Å². The highest BCUT2D eigenvalue weighted by Gasteiger charge is 2.24. The molecule has 2 aliphatic rings. The molecular formula is C22H25ClN2. The molecule has 130 valence electrons. The van der Waals surface area contributed by atoms with Crippen molar-refractivity contribution in [3.63, 3.8) is 0 Å². The van der Waals surface area contributed by atoms with Crippen LogP contribution in [0.2, 0.25) is 5.02 Å². The van der Waals surface area contributed by atoms with Gasteiger partial charge in [0.25, 0.3) is 0 Å². The number of likely N-dealkylation sites (tertiary alicyclic amines) is 1. The van der Waals surface area contributed by atoms with Gasteiger partial charge >= 0.3 is 0 Å². The fourth-order valence-corrected chi connectivity index (χ4v) is 4.44. The summed E-state index contributed by atoms with van der Waals surface area (Å²) >= 11 is 6.29. The van der Waals surface area contributed by atoms with Crippen LogP contribution in [0.15, 0.2) is 42.1 Å². The third-order valence-electron chi connectivity index (χ3n) is 5.48. The maximum absolute atomic E-state index is 6.29. The van der Waals surface area contributed by atoms with Gasteiger partial charge in [-0.1, -0.05) is 36.2 Å². The SMILES string of the molecule is CCCN1CCC(=C2c3ccc(Cl)cc3CCc3cccnc32)CC1. The minimum Gasteiger partial charge on any atom is -0.303 e. The molecule has 1 aliphatic heterocycles.